The molecule has 0 aliphatic carbocycles. The Morgan fingerprint density at radius 1 is 1.29 bits per heavy atom. The number of hydrogen-bond donors (Lipinski definition) is 0. The maximum Gasteiger partial charge on any atom is 0.109 e. The summed E-state index contributed by atoms with van der Waals surface area (Å²) in [6.07, 6.45) is 3.58. The van der Waals surface area contributed by atoms with Crippen LogP contribution in [0.4, 0.5) is 0 Å². The third-order valence-corrected chi connectivity index (χ3v) is 3.13. The van der Waals surface area contributed by atoms with Gasteiger partial charge in [-0.3, -0.25) is 0 Å². The molecule has 2 nitrogen and oxygen atoms in total. The first-order valence-corrected chi connectivity index (χ1v) is 5.38. The minimum absolute atomic E-state index is 0.822. The van der Waals surface area contributed by atoms with E-state index >= 15 is 0 Å². The third-order valence-electron chi connectivity index (χ3n) is 2.83. The van der Waals surface area contributed by atoms with E-state index in [0.717, 1.165) is 29.0 Å². The molecule has 1 aliphatic rings. The first-order chi connectivity index (χ1) is 6.86. The summed E-state index contributed by atoms with van der Waals surface area (Å²) in [5, 5.41) is 0.822. The summed E-state index contributed by atoms with van der Waals surface area (Å²) >= 11 is 6.17. The second-order valence-electron chi connectivity index (χ2n) is 3.74. The lowest BCUT2D eigenvalue weighted by atomic mass is 10.2. The standard InChI is InChI=1S/C11H11ClN2/c12-8-4-3-5-9-11(8)14-7-2-1-6-10(14)13-9/h3-5H,1-2,6-7H2. The van der Waals surface area contributed by atoms with Gasteiger partial charge in [0.1, 0.15) is 5.82 Å². The van der Waals surface area contributed by atoms with Gasteiger partial charge in [0.2, 0.25) is 0 Å². The summed E-state index contributed by atoms with van der Waals surface area (Å²) in [7, 11) is 0. The fraction of sp³-hybridized carbons (Fsp3) is 0.364. The van der Waals surface area contributed by atoms with Gasteiger partial charge in [0.05, 0.1) is 16.1 Å². The first-order valence-electron chi connectivity index (χ1n) is 5.00. The van der Waals surface area contributed by atoms with E-state index in [1.54, 1.807) is 0 Å². The largest absolute Gasteiger partial charge is 0.327 e. The molecule has 1 aliphatic heterocycles. The van der Waals surface area contributed by atoms with Crippen molar-refractivity contribution in [2.45, 2.75) is 25.8 Å². The predicted molar refractivity (Wildman–Crippen MR) is 57.7 cm³/mol. The van der Waals surface area contributed by atoms with Crippen molar-refractivity contribution in [2.75, 3.05) is 0 Å². The number of hydrogen-bond acceptors (Lipinski definition) is 1. The predicted octanol–water partition coefficient (Wildman–Crippen LogP) is 3.03. The molecule has 1 aromatic carbocycles. The highest BCUT2D eigenvalue weighted by Crippen LogP contribution is 2.27. The summed E-state index contributed by atoms with van der Waals surface area (Å²) in [6, 6.07) is 5.93. The Kier molecular flexibility index (Phi) is 1.77. The van der Waals surface area contributed by atoms with Crippen molar-refractivity contribution in [3.63, 3.8) is 0 Å². The third kappa shape index (κ3) is 1.07. The molecule has 0 spiro atoms. The Morgan fingerprint density at radius 2 is 2.21 bits per heavy atom. The lowest BCUT2D eigenvalue weighted by Gasteiger charge is -2.14. The number of halogens is 1. The van der Waals surface area contributed by atoms with Crippen molar-refractivity contribution < 1.29 is 0 Å². The zero-order chi connectivity index (χ0) is 9.54. The van der Waals surface area contributed by atoms with Gasteiger partial charge in [-0.25, -0.2) is 4.98 Å². The molecular formula is C11H11ClN2. The van der Waals surface area contributed by atoms with Gasteiger partial charge in [0.15, 0.2) is 0 Å². The summed E-state index contributed by atoms with van der Waals surface area (Å²) in [6.45, 7) is 1.07. The van der Waals surface area contributed by atoms with Gasteiger partial charge in [-0.2, -0.15) is 0 Å². The van der Waals surface area contributed by atoms with Crippen LogP contribution < -0.4 is 0 Å². The van der Waals surface area contributed by atoms with Gasteiger partial charge >= 0.3 is 0 Å². The van der Waals surface area contributed by atoms with Crippen molar-refractivity contribution >= 4 is 22.6 Å². The minimum atomic E-state index is 0.822. The van der Waals surface area contributed by atoms with Crippen molar-refractivity contribution in [3.05, 3.63) is 29.0 Å². The van der Waals surface area contributed by atoms with Crippen LogP contribution in [0, 0.1) is 0 Å². The average molecular weight is 207 g/mol. The van der Waals surface area contributed by atoms with Crippen molar-refractivity contribution in [1.82, 2.24) is 9.55 Å². The SMILES string of the molecule is Clc1cccc2nc3n(c12)CCCC3. The fourth-order valence-electron chi connectivity index (χ4n) is 2.17. The Morgan fingerprint density at radius 3 is 3.14 bits per heavy atom. The van der Waals surface area contributed by atoms with Crippen LogP contribution in [0.1, 0.15) is 18.7 Å². The van der Waals surface area contributed by atoms with Crippen LogP contribution in [0.2, 0.25) is 5.02 Å². The van der Waals surface area contributed by atoms with E-state index in [2.05, 4.69) is 9.55 Å². The van der Waals surface area contributed by atoms with Crippen LogP contribution in [0.25, 0.3) is 11.0 Å². The van der Waals surface area contributed by atoms with Gasteiger partial charge in [-0.05, 0) is 25.0 Å². The van der Waals surface area contributed by atoms with Crippen molar-refractivity contribution in [3.8, 4) is 0 Å². The van der Waals surface area contributed by atoms with Crippen LogP contribution >= 0.6 is 11.6 Å². The molecule has 3 heteroatoms. The molecule has 14 heavy (non-hydrogen) atoms. The highest BCUT2D eigenvalue weighted by molar-refractivity contribution is 6.35. The molecule has 0 radical (unpaired) electrons. The molecule has 2 heterocycles. The van der Waals surface area contributed by atoms with Crippen LogP contribution in [0.5, 0.6) is 0 Å². The summed E-state index contributed by atoms with van der Waals surface area (Å²) in [4.78, 5) is 4.59. The highest BCUT2D eigenvalue weighted by atomic mass is 35.5. The minimum Gasteiger partial charge on any atom is -0.327 e. The Balaban J connectivity index is 2.38. The van der Waals surface area contributed by atoms with E-state index in [9.17, 15) is 0 Å². The molecule has 0 amide bonds. The first kappa shape index (κ1) is 8.30. The molecule has 0 atom stereocenters. The van der Waals surface area contributed by atoms with Crippen LogP contribution in [-0.2, 0) is 13.0 Å². The van der Waals surface area contributed by atoms with E-state index < -0.39 is 0 Å². The van der Waals surface area contributed by atoms with Crippen molar-refractivity contribution in [2.24, 2.45) is 0 Å². The van der Waals surface area contributed by atoms with Crippen molar-refractivity contribution in [1.29, 1.82) is 0 Å². The van der Waals surface area contributed by atoms with Crippen LogP contribution in [0.3, 0.4) is 0 Å². The molecule has 0 unspecified atom stereocenters. The summed E-state index contributed by atoms with van der Waals surface area (Å²) in [5.41, 5.74) is 2.15. The van der Waals surface area contributed by atoms with Gasteiger partial charge in [-0.15, -0.1) is 0 Å². The molecule has 0 N–H and O–H groups in total. The molecular weight excluding hydrogens is 196 g/mol. The lowest BCUT2D eigenvalue weighted by molar-refractivity contribution is 0.533. The fourth-order valence-corrected chi connectivity index (χ4v) is 2.45. The van der Waals surface area contributed by atoms with E-state index in [1.165, 1.54) is 18.7 Å². The number of imidazole rings is 1. The van der Waals surface area contributed by atoms with E-state index in [-0.39, 0.29) is 0 Å². The monoisotopic (exact) mass is 206 g/mol. The van der Waals surface area contributed by atoms with Gasteiger partial charge in [0.25, 0.3) is 0 Å². The normalized spacial score (nSPS) is 15.8. The highest BCUT2D eigenvalue weighted by Gasteiger charge is 2.15. The molecule has 72 valence electrons. The van der Waals surface area contributed by atoms with Gasteiger partial charge in [-0.1, -0.05) is 17.7 Å². The number of aromatic nitrogens is 2. The topological polar surface area (TPSA) is 17.8 Å². The van der Waals surface area contributed by atoms with Crippen LogP contribution in [0.15, 0.2) is 18.2 Å². The Labute approximate surface area is 87.5 Å². The zero-order valence-corrected chi connectivity index (χ0v) is 8.59. The van der Waals surface area contributed by atoms with Gasteiger partial charge < -0.3 is 4.57 Å². The second-order valence-corrected chi connectivity index (χ2v) is 4.15. The Hall–Kier alpha value is -1.02. The molecule has 3 rings (SSSR count). The maximum absolute atomic E-state index is 6.17. The van der Waals surface area contributed by atoms with Gasteiger partial charge in [0, 0.05) is 13.0 Å². The summed E-state index contributed by atoms with van der Waals surface area (Å²) in [5.74, 6) is 1.19. The smallest absolute Gasteiger partial charge is 0.109 e. The molecule has 0 saturated carbocycles. The van der Waals surface area contributed by atoms with E-state index in [0.29, 0.717) is 0 Å². The molecule has 2 aromatic rings. The number of nitrogens with zero attached hydrogens (tertiary/aromatic N) is 2. The maximum atomic E-state index is 6.17. The molecule has 0 fully saturated rings. The number of rotatable bonds is 0. The number of aryl methyl sites for hydroxylation is 2. The Bertz CT molecular complexity index is 487. The lowest BCUT2D eigenvalue weighted by Crippen LogP contribution is -2.10. The number of para-hydroxylation sites is 1. The average Bonchev–Trinajstić information content (AvgIpc) is 2.57. The molecule has 0 bridgehead atoms. The zero-order valence-electron chi connectivity index (χ0n) is 7.83. The van der Waals surface area contributed by atoms with E-state index in [4.69, 9.17) is 11.6 Å². The molecule has 1 aromatic heterocycles. The van der Waals surface area contributed by atoms with Crippen LogP contribution in [-0.4, -0.2) is 9.55 Å². The van der Waals surface area contributed by atoms with E-state index in [1.807, 2.05) is 18.2 Å². The number of fused-ring (bicyclic) bond motifs is 3. The quantitative estimate of drug-likeness (QED) is 0.648. The summed E-state index contributed by atoms with van der Waals surface area (Å²) < 4.78 is 2.27. The number of benzene rings is 1. The second kappa shape index (κ2) is 2.99. The molecule has 0 saturated heterocycles.